The van der Waals surface area contributed by atoms with Crippen LogP contribution >= 0.6 is 27.5 Å². The highest BCUT2D eigenvalue weighted by Crippen LogP contribution is 2.34. The monoisotopic (exact) mass is 556 g/mol. The number of aromatic nitrogens is 4. The Bertz CT molecular complexity index is 1400. The minimum atomic E-state index is -1.33. The van der Waals surface area contributed by atoms with Crippen LogP contribution in [0.3, 0.4) is 0 Å². The van der Waals surface area contributed by atoms with Gasteiger partial charge in [0, 0.05) is 19.2 Å². The molecule has 0 atom stereocenters. The van der Waals surface area contributed by atoms with Gasteiger partial charge in [-0.2, -0.15) is 0 Å². The lowest BCUT2D eigenvalue weighted by atomic mass is 10.1. The van der Waals surface area contributed by atoms with Crippen molar-refractivity contribution in [1.29, 1.82) is 0 Å². The first-order chi connectivity index (χ1) is 15.6. The van der Waals surface area contributed by atoms with Gasteiger partial charge in [0.15, 0.2) is 17.5 Å². The second-order valence-electron chi connectivity index (χ2n) is 8.66. The number of hydrogen-bond donors (Lipinski definition) is 0. The number of benzene rings is 2. The Morgan fingerprint density at radius 1 is 1.24 bits per heavy atom. The molecule has 4 rings (SSSR count). The van der Waals surface area contributed by atoms with Crippen LogP contribution in [0.15, 0.2) is 44.1 Å². The third-order valence-electron chi connectivity index (χ3n) is 4.99. The van der Waals surface area contributed by atoms with Gasteiger partial charge in [-0.3, -0.25) is 9.09 Å². The predicted molar refractivity (Wildman–Crippen MR) is 128 cm³/mol. The van der Waals surface area contributed by atoms with Crippen molar-refractivity contribution in [3.63, 3.8) is 0 Å². The fraction of sp³-hybridized carbons (Fsp3) is 0.286. The zero-order valence-corrected chi connectivity index (χ0v) is 21.4. The molecule has 0 saturated carbocycles. The van der Waals surface area contributed by atoms with Crippen molar-refractivity contribution in [2.45, 2.75) is 32.4 Å². The number of hydrogen-bond acceptors (Lipinski definition) is 5. The van der Waals surface area contributed by atoms with Gasteiger partial charge in [-0.1, -0.05) is 46.8 Å². The molecule has 2 aromatic carbocycles. The molecule has 2 aromatic heterocycles. The molecule has 0 fully saturated rings. The molecule has 12 heteroatoms. The Morgan fingerprint density at radius 3 is 2.70 bits per heavy atom. The van der Waals surface area contributed by atoms with E-state index >= 15 is 0 Å². The molecule has 174 valence electrons. The van der Waals surface area contributed by atoms with Gasteiger partial charge in [-0.25, -0.2) is 23.1 Å². The first kappa shape index (κ1) is 23.8. The summed E-state index contributed by atoms with van der Waals surface area (Å²) in [6.45, 7) is 7.11. The first-order valence-electron chi connectivity index (χ1n) is 10.0. The summed E-state index contributed by atoms with van der Waals surface area (Å²) in [6.07, 6.45) is 0. The molecule has 2 heterocycles. The number of nitrogens with zero attached hydrogens (tertiary/aromatic N) is 4. The largest absolute Gasteiger partial charge is 0.446 e. The summed E-state index contributed by atoms with van der Waals surface area (Å²) >= 11 is 9.63. The van der Waals surface area contributed by atoms with Crippen molar-refractivity contribution in [2.24, 2.45) is 0 Å². The second-order valence-corrected chi connectivity index (χ2v) is 15.5. The summed E-state index contributed by atoms with van der Waals surface area (Å²) in [4.78, 5) is 16.5. The van der Waals surface area contributed by atoms with E-state index in [1.165, 1.54) is 4.57 Å². The van der Waals surface area contributed by atoms with Crippen molar-refractivity contribution in [1.82, 2.24) is 19.3 Å². The van der Waals surface area contributed by atoms with E-state index in [1.54, 1.807) is 24.3 Å². The van der Waals surface area contributed by atoms with Crippen LogP contribution in [-0.2, 0) is 11.5 Å². The molecule has 0 bridgehead atoms. The van der Waals surface area contributed by atoms with Gasteiger partial charge in [-0.15, -0.1) is 0 Å². The minimum Gasteiger partial charge on any atom is -0.361 e. The maximum absolute atomic E-state index is 14.7. The summed E-state index contributed by atoms with van der Waals surface area (Å²) in [7, 11) is -1.33. The van der Waals surface area contributed by atoms with E-state index in [2.05, 4.69) is 45.7 Å². The molecule has 0 radical (unpaired) electrons. The summed E-state index contributed by atoms with van der Waals surface area (Å²) < 4.78 is 43.1. The van der Waals surface area contributed by atoms with E-state index < -0.39 is 25.5 Å². The Hall–Kier alpha value is -2.34. The molecule has 0 amide bonds. The second kappa shape index (κ2) is 9.13. The van der Waals surface area contributed by atoms with Crippen LogP contribution in [0.25, 0.3) is 28.1 Å². The van der Waals surface area contributed by atoms with Crippen LogP contribution in [0.4, 0.5) is 8.78 Å². The number of imidazole rings is 1. The van der Waals surface area contributed by atoms with Crippen molar-refractivity contribution in [3.05, 3.63) is 62.3 Å². The van der Waals surface area contributed by atoms with Gasteiger partial charge in [0.1, 0.15) is 12.2 Å². The predicted octanol–water partition coefficient (Wildman–Crippen LogP) is 5.85. The molecule has 0 saturated heterocycles. The lowest BCUT2D eigenvalue weighted by molar-refractivity contribution is 0.0901. The number of halogens is 4. The lowest BCUT2D eigenvalue weighted by Crippen LogP contribution is -2.22. The van der Waals surface area contributed by atoms with Gasteiger partial charge >= 0.3 is 5.76 Å². The lowest BCUT2D eigenvalue weighted by Gasteiger charge is -2.16. The average Bonchev–Trinajstić information content (AvgIpc) is 3.27. The molecule has 4 aromatic rings. The molecule has 0 aliphatic rings. The zero-order valence-electron chi connectivity index (χ0n) is 18.0. The molecular weight excluding hydrogens is 538 g/mol. The maximum Gasteiger partial charge on any atom is 0.446 e. The van der Waals surface area contributed by atoms with Crippen LogP contribution in [0, 0.1) is 11.6 Å². The molecule has 0 spiro atoms. The molecule has 7 nitrogen and oxygen atoms in total. The SMILES string of the molecule is C[Si](C)(C)CCOCn1c(Cl)nc2c(F)c(F)cc(-c3noc(=O)n3-c3cccc(Br)c3)c21. The Morgan fingerprint density at radius 2 is 2.00 bits per heavy atom. The summed E-state index contributed by atoms with van der Waals surface area (Å²) in [6, 6.07) is 8.69. The highest BCUT2D eigenvalue weighted by molar-refractivity contribution is 9.10. The first-order valence-corrected chi connectivity index (χ1v) is 14.9. The number of rotatable bonds is 7. The van der Waals surface area contributed by atoms with Crippen molar-refractivity contribution in [3.8, 4) is 17.1 Å². The minimum absolute atomic E-state index is 0.0260. The van der Waals surface area contributed by atoms with E-state index in [4.69, 9.17) is 20.9 Å². The van der Waals surface area contributed by atoms with E-state index in [0.717, 1.165) is 16.7 Å². The van der Waals surface area contributed by atoms with E-state index in [-0.39, 0.29) is 34.4 Å². The fourth-order valence-electron chi connectivity index (χ4n) is 3.31. The van der Waals surface area contributed by atoms with E-state index in [1.807, 2.05) is 0 Å². The highest BCUT2D eigenvalue weighted by Gasteiger charge is 2.26. The third kappa shape index (κ3) is 4.81. The molecule has 0 aliphatic heterocycles. The molecule has 0 N–H and O–H groups in total. The zero-order chi connectivity index (χ0) is 23.9. The smallest absolute Gasteiger partial charge is 0.361 e. The van der Waals surface area contributed by atoms with Crippen LogP contribution < -0.4 is 5.76 Å². The van der Waals surface area contributed by atoms with Gasteiger partial charge in [-0.05, 0) is 41.9 Å². The Labute approximate surface area is 202 Å². The van der Waals surface area contributed by atoms with Gasteiger partial charge in [0.25, 0.3) is 0 Å². The summed E-state index contributed by atoms with van der Waals surface area (Å²) in [5.74, 6) is -3.13. The molecule has 0 unspecified atom stereocenters. The quantitative estimate of drug-likeness (QED) is 0.211. The van der Waals surface area contributed by atoms with Crippen molar-refractivity contribution < 1.29 is 18.0 Å². The van der Waals surface area contributed by atoms with Crippen LogP contribution in [0.2, 0.25) is 31.0 Å². The van der Waals surface area contributed by atoms with Crippen molar-refractivity contribution >= 4 is 46.6 Å². The third-order valence-corrected chi connectivity index (χ3v) is 7.48. The highest BCUT2D eigenvalue weighted by atomic mass is 79.9. The van der Waals surface area contributed by atoms with Crippen LogP contribution in [-0.4, -0.2) is 34.0 Å². The van der Waals surface area contributed by atoms with Crippen LogP contribution in [0.1, 0.15) is 0 Å². The van der Waals surface area contributed by atoms with Gasteiger partial charge in [0.2, 0.25) is 5.28 Å². The molecular formula is C21H20BrClF2N4O3Si. The summed E-state index contributed by atoms with van der Waals surface area (Å²) in [5, 5.41) is 3.76. The fourth-order valence-corrected chi connectivity index (χ4v) is 4.67. The average molecular weight is 558 g/mol. The van der Waals surface area contributed by atoms with Gasteiger partial charge in [0.05, 0.1) is 16.8 Å². The van der Waals surface area contributed by atoms with Crippen molar-refractivity contribution in [2.75, 3.05) is 6.61 Å². The normalized spacial score (nSPS) is 12.1. The summed E-state index contributed by atoms with van der Waals surface area (Å²) in [5.41, 5.74) is 0.360. The topological polar surface area (TPSA) is 75.1 Å². The standard InChI is InChI=1S/C21H20BrClF2N4O3Si/c1-33(2,3)8-7-31-11-28-18-14(10-15(24)16(25)17(18)26-20(28)23)19-27-32-21(30)29(19)13-6-4-5-12(22)9-13/h4-6,9-10H,7-8,11H2,1-3H3. The molecule has 0 aliphatic carbocycles. The maximum atomic E-state index is 14.7. The Balaban J connectivity index is 1.87. The Kier molecular flexibility index (Phi) is 6.58. The van der Waals surface area contributed by atoms with Gasteiger partial charge < -0.3 is 4.74 Å². The van der Waals surface area contributed by atoms with E-state index in [9.17, 15) is 13.6 Å². The number of ether oxygens (including phenoxy) is 1. The van der Waals surface area contributed by atoms with Crippen LogP contribution in [0.5, 0.6) is 0 Å². The number of fused-ring (bicyclic) bond motifs is 1. The molecule has 33 heavy (non-hydrogen) atoms. The van der Waals surface area contributed by atoms with E-state index in [0.29, 0.717) is 16.8 Å².